The number of hydrogen-bond acceptors (Lipinski definition) is 3. The molecule has 5 nitrogen and oxygen atoms in total. The second-order valence-corrected chi connectivity index (χ2v) is 8.29. The molecule has 0 atom stereocenters. The smallest absolute Gasteiger partial charge is 0.228 e. The van der Waals surface area contributed by atoms with E-state index in [9.17, 15) is 13.2 Å². The van der Waals surface area contributed by atoms with Crippen molar-refractivity contribution in [2.24, 2.45) is 5.73 Å². The average Bonchev–Trinajstić information content (AvgIpc) is 2.47. The Morgan fingerprint density at radius 1 is 1.19 bits per heavy atom. The fourth-order valence-electron chi connectivity index (χ4n) is 2.86. The quantitative estimate of drug-likeness (QED) is 0.908. The van der Waals surface area contributed by atoms with Gasteiger partial charge >= 0.3 is 0 Å². The van der Waals surface area contributed by atoms with Crippen LogP contribution >= 0.6 is 0 Å². The molecule has 1 aliphatic rings. The number of carbonyl (C=O) groups is 1. The number of nitrogens with zero attached hydrogens (tertiary/aromatic N) is 1. The van der Waals surface area contributed by atoms with Crippen LogP contribution in [0.15, 0.2) is 30.3 Å². The first kappa shape index (κ1) is 16.0. The molecule has 1 aromatic rings. The highest BCUT2D eigenvalue weighted by molar-refractivity contribution is 7.89. The molecule has 1 saturated heterocycles. The van der Waals surface area contributed by atoms with Crippen LogP contribution in [0.2, 0.25) is 0 Å². The minimum atomic E-state index is -3.28. The standard InChI is InChI=1S/C15H22N2O3S/c1-12(2)21(19,20)17-10-8-15(9-11-17,14(16)18)13-6-4-3-5-7-13/h3-7,12H,8-11H2,1-2H3,(H2,16,18). The van der Waals surface area contributed by atoms with Crippen molar-refractivity contribution in [3.8, 4) is 0 Å². The van der Waals surface area contributed by atoms with Crippen LogP contribution in [-0.4, -0.2) is 37.0 Å². The maximum Gasteiger partial charge on any atom is 0.228 e. The Labute approximate surface area is 126 Å². The molecule has 0 spiro atoms. The van der Waals surface area contributed by atoms with Gasteiger partial charge in [0.15, 0.2) is 0 Å². The minimum absolute atomic E-state index is 0.332. The van der Waals surface area contributed by atoms with Gasteiger partial charge < -0.3 is 5.73 Å². The molecule has 116 valence electrons. The van der Waals surface area contributed by atoms with E-state index in [0.29, 0.717) is 25.9 Å². The molecule has 1 aromatic carbocycles. The van der Waals surface area contributed by atoms with Gasteiger partial charge in [-0.2, -0.15) is 0 Å². The molecule has 21 heavy (non-hydrogen) atoms. The topological polar surface area (TPSA) is 80.5 Å². The molecular weight excluding hydrogens is 288 g/mol. The number of hydrogen-bond donors (Lipinski definition) is 1. The molecule has 0 radical (unpaired) electrons. The summed E-state index contributed by atoms with van der Waals surface area (Å²) in [6.07, 6.45) is 0.858. The molecule has 1 heterocycles. The van der Waals surface area contributed by atoms with Crippen LogP contribution in [-0.2, 0) is 20.2 Å². The van der Waals surface area contributed by atoms with Crippen molar-refractivity contribution in [1.29, 1.82) is 0 Å². The average molecular weight is 310 g/mol. The van der Waals surface area contributed by atoms with Crippen LogP contribution in [0, 0.1) is 0 Å². The maximum absolute atomic E-state index is 12.2. The summed E-state index contributed by atoms with van der Waals surface area (Å²) in [7, 11) is -3.28. The van der Waals surface area contributed by atoms with Gasteiger partial charge in [-0.1, -0.05) is 30.3 Å². The number of amides is 1. The Kier molecular flexibility index (Phi) is 4.39. The van der Waals surface area contributed by atoms with E-state index < -0.39 is 20.7 Å². The summed E-state index contributed by atoms with van der Waals surface area (Å²) >= 11 is 0. The second kappa shape index (κ2) is 5.77. The molecule has 1 amide bonds. The lowest BCUT2D eigenvalue weighted by Gasteiger charge is -2.40. The van der Waals surface area contributed by atoms with Gasteiger partial charge in [0, 0.05) is 13.1 Å². The minimum Gasteiger partial charge on any atom is -0.369 e. The molecular formula is C15H22N2O3S. The summed E-state index contributed by atoms with van der Waals surface area (Å²) in [6.45, 7) is 4.00. The number of rotatable bonds is 4. The Bertz CT molecular complexity index is 603. The molecule has 0 aromatic heterocycles. The van der Waals surface area contributed by atoms with Crippen LogP contribution in [0.25, 0.3) is 0 Å². The first-order valence-electron chi connectivity index (χ1n) is 7.15. The summed E-state index contributed by atoms with van der Waals surface area (Å²) in [5.74, 6) is -0.379. The third-order valence-electron chi connectivity index (χ3n) is 4.33. The van der Waals surface area contributed by atoms with Crippen molar-refractivity contribution in [2.45, 2.75) is 37.4 Å². The summed E-state index contributed by atoms with van der Waals surface area (Å²) in [5, 5.41) is -0.449. The molecule has 0 saturated carbocycles. The predicted molar refractivity (Wildman–Crippen MR) is 82.2 cm³/mol. The third-order valence-corrected chi connectivity index (χ3v) is 6.61. The highest BCUT2D eigenvalue weighted by atomic mass is 32.2. The van der Waals surface area contributed by atoms with Gasteiger partial charge in [-0.3, -0.25) is 4.79 Å². The van der Waals surface area contributed by atoms with E-state index in [4.69, 9.17) is 5.73 Å². The zero-order chi connectivity index (χ0) is 15.7. The normalized spacial score (nSPS) is 19.6. The van der Waals surface area contributed by atoms with Crippen LogP contribution in [0.3, 0.4) is 0 Å². The summed E-state index contributed by atoms with van der Waals surface area (Å²) in [5.41, 5.74) is 5.76. The molecule has 1 aliphatic heterocycles. The van der Waals surface area contributed by atoms with Gasteiger partial charge in [-0.15, -0.1) is 0 Å². The Morgan fingerprint density at radius 3 is 2.14 bits per heavy atom. The van der Waals surface area contributed by atoms with Crippen LogP contribution < -0.4 is 5.73 Å². The van der Waals surface area contributed by atoms with Crippen molar-refractivity contribution in [1.82, 2.24) is 4.31 Å². The third kappa shape index (κ3) is 2.82. The highest BCUT2D eigenvalue weighted by Gasteiger charge is 2.44. The molecule has 1 fully saturated rings. The fraction of sp³-hybridized carbons (Fsp3) is 0.533. The van der Waals surface area contributed by atoms with Crippen molar-refractivity contribution >= 4 is 15.9 Å². The Balaban J connectivity index is 2.26. The number of piperidine rings is 1. The van der Waals surface area contributed by atoms with E-state index in [-0.39, 0.29) is 5.91 Å². The van der Waals surface area contributed by atoms with E-state index >= 15 is 0 Å². The molecule has 0 bridgehead atoms. The molecule has 0 aliphatic carbocycles. The Hall–Kier alpha value is -1.40. The van der Waals surface area contributed by atoms with Crippen molar-refractivity contribution in [2.75, 3.05) is 13.1 Å². The summed E-state index contributed by atoms with van der Waals surface area (Å²) in [6, 6.07) is 9.40. The van der Waals surface area contributed by atoms with Crippen molar-refractivity contribution < 1.29 is 13.2 Å². The first-order valence-corrected chi connectivity index (χ1v) is 8.65. The number of nitrogens with two attached hydrogens (primary N) is 1. The second-order valence-electron chi connectivity index (χ2n) is 5.81. The summed E-state index contributed by atoms with van der Waals surface area (Å²) in [4.78, 5) is 12.0. The number of carbonyl (C=O) groups excluding carboxylic acids is 1. The lowest BCUT2D eigenvalue weighted by Crippen LogP contribution is -2.52. The lowest BCUT2D eigenvalue weighted by atomic mass is 9.72. The van der Waals surface area contributed by atoms with Gasteiger partial charge in [0.2, 0.25) is 15.9 Å². The first-order chi connectivity index (χ1) is 9.80. The monoisotopic (exact) mass is 310 g/mol. The maximum atomic E-state index is 12.2. The zero-order valence-corrected chi connectivity index (χ0v) is 13.3. The van der Waals surface area contributed by atoms with Gasteiger partial charge in [0.05, 0.1) is 10.7 Å². The molecule has 6 heteroatoms. The van der Waals surface area contributed by atoms with Crippen LogP contribution in [0.1, 0.15) is 32.3 Å². The van der Waals surface area contributed by atoms with Crippen LogP contribution in [0.5, 0.6) is 0 Å². The number of sulfonamides is 1. The lowest BCUT2D eigenvalue weighted by molar-refractivity contribution is -0.125. The molecule has 2 N–H and O–H groups in total. The van der Waals surface area contributed by atoms with Crippen molar-refractivity contribution in [3.05, 3.63) is 35.9 Å². The van der Waals surface area contributed by atoms with Crippen LogP contribution in [0.4, 0.5) is 0 Å². The van der Waals surface area contributed by atoms with Gasteiger partial charge in [0.25, 0.3) is 0 Å². The number of primary amides is 1. The SMILES string of the molecule is CC(C)S(=O)(=O)N1CCC(C(N)=O)(c2ccccc2)CC1. The predicted octanol–water partition coefficient (Wildman–Crippen LogP) is 1.24. The van der Waals surface area contributed by atoms with E-state index in [0.717, 1.165) is 5.56 Å². The van der Waals surface area contributed by atoms with Gasteiger partial charge in [-0.05, 0) is 32.3 Å². The molecule has 2 rings (SSSR count). The highest BCUT2D eigenvalue weighted by Crippen LogP contribution is 2.36. The van der Waals surface area contributed by atoms with Gasteiger partial charge in [0.1, 0.15) is 0 Å². The zero-order valence-electron chi connectivity index (χ0n) is 12.5. The Morgan fingerprint density at radius 2 is 1.71 bits per heavy atom. The largest absolute Gasteiger partial charge is 0.369 e. The van der Waals surface area contributed by atoms with E-state index in [1.807, 2.05) is 30.3 Å². The summed E-state index contributed by atoms with van der Waals surface area (Å²) < 4.78 is 25.9. The van der Waals surface area contributed by atoms with Gasteiger partial charge in [-0.25, -0.2) is 12.7 Å². The number of benzene rings is 1. The molecule has 0 unspecified atom stereocenters. The van der Waals surface area contributed by atoms with Crippen molar-refractivity contribution in [3.63, 3.8) is 0 Å². The fourth-order valence-corrected chi connectivity index (χ4v) is 4.14. The van der Waals surface area contributed by atoms with E-state index in [2.05, 4.69) is 0 Å². The van der Waals surface area contributed by atoms with E-state index in [1.165, 1.54) is 4.31 Å². The van der Waals surface area contributed by atoms with E-state index in [1.54, 1.807) is 13.8 Å².